The molecule has 1 aromatic rings. The molecule has 4 N–H and O–H groups in total. The molecule has 0 aliphatic carbocycles. The molecule has 1 heterocycles. The molecular formula is C7H10N4O. The molecule has 12 heavy (non-hydrogen) atoms. The van der Waals surface area contributed by atoms with Crippen molar-refractivity contribution in [3.8, 4) is 0 Å². The number of nitrogens with two attached hydrogens (primary N) is 2. The summed E-state index contributed by atoms with van der Waals surface area (Å²) >= 11 is 0. The van der Waals surface area contributed by atoms with Crippen molar-refractivity contribution >= 4 is 11.7 Å². The molecule has 64 valence electrons. The number of carbonyl (C=O) groups excluding carboxylic acids is 1. The van der Waals surface area contributed by atoms with Crippen molar-refractivity contribution < 1.29 is 4.79 Å². The molecule has 0 atom stereocenters. The van der Waals surface area contributed by atoms with Crippen molar-refractivity contribution in [1.29, 1.82) is 0 Å². The maximum Gasteiger partial charge on any atom is 0.271 e. The summed E-state index contributed by atoms with van der Waals surface area (Å²) in [5.74, 6) is -0.561. The Balaban J connectivity index is 3.33. The van der Waals surface area contributed by atoms with Gasteiger partial charge in [0.05, 0.1) is 11.4 Å². The van der Waals surface area contributed by atoms with E-state index < -0.39 is 5.91 Å². The molecule has 0 spiro atoms. The van der Waals surface area contributed by atoms with Gasteiger partial charge >= 0.3 is 0 Å². The fourth-order valence-corrected chi connectivity index (χ4v) is 0.802. The van der Waals surface area contributed by atoms with Gasteiger partial charge in [0, 0.05) is 0 Å². The van der Waals surface area contributed by atoms with Crippen molar-refractivity contribution in [3.63, 3.8) is 0 Å². The Morgan fingerprint density at radius 3 is 2.25 bits per heavy atom. The molecule has 1 amide bonds. The second-order valence-corrected chi connectivity index (χ2v) is 2.49. The van der Waals surface area contributed by atoms with Crippen LogP contribution in [0.3, 0.4) is 0 Å². The van der Waals surface area contributed by atoms with Crippen LogP contribution in [0.1, 0.15) is 21.9 Å². The molecule has 0 saturated heterocycles. The van der Waals surface area contributed by atoms with E-state index in [1.165, 1.54) is 0 Å². The molecule has 0 bridgehead atoms. The normalized spacial score (nSPS) is 9.83. The van der Waals surface area contributed by atoms with Crippen molar-refractivity contribution in [2.45, 2.75) is 13.8 Å². The summed E-state index contributed by atoms with van der Waals surface area (Å²) in [6, 6.07) is 0. The van der Waals surface area contributed by atoms with Gasteiger partial charge in [-0.2, -0.15) is 0 Å². The molecule has 1 rings (SSSR count). The Hall–Kier alpha value is -1.65. The van der Waals surface area contributed by atoms with Gasteiger partial charge in [0.25, 0.3) is 5.91 Å². The van der Waals surface area contributed by atoms with Gasteiger partial charge in [-0.3, -0.25) is 4.79 Å². The van der Waals surface area contributed by atoms with Crippen LogP contribution in [0.2, 0.25) is 0 Å². The van der Waals surface area contributed by atoms with Crippen LogP contribution in [-0.2, 0) is 0 Å². The maximum atomic E-state index is 10.7. The molecule has 0 unspecified atom stereocenters. The smallest absolute Gasteiger partial charge is 0.271 e. The third-order valence-electron chi connectivity index (χ3n) is 1.57. The van der Waals surface area contributed by atoms with Crippen molar-refractivity contribution in [2.24, 2.45) is 5.73 Å². The van der Waals surface area contributed by atoms with Crippen LogP contribution in [0, 0.1) is 13.8 Å². The maximum absolute atomic E-state index is 10.7. The molecule has 0 radical (unpaired) electrons. The minimum absolute atomic E-state index is 0.0399. The van der Waals surface area contributed by atoms with Crippen LogP contribution in [0.5, 0.6) is 0 Å². The second kappa shape index (κ2) is 2.77. The number of aromatic nitrogens is 2. The van der Waals surface area contributed by atoms with E-state index in [4.69, 9.17) is 11.5 Å². The molecule has 0 aromatic carbocycles. The van der Waals surface area contributed by atoms with Gasteiger partial charge in [-0.15, -0.1) is 0 Å². The molecular weight excluding hydrogens is 156 g/mol. The van der Waals surface area contributed by atoms with Crippen molar-refractivity contribution in [1.82, 2.24) is 9.97 Å². The standard InChI is InChI=1S/C7H10N4O/c1-3-4(2)11-6(8)5(10-3)7(9)12/h1-2H3,(H2,8,11)(H2,9,12). The van der Waals surface area contributed by atoms with E-state index in [1.54, 1.807) is 13.8 Å². The van der Waals surface area contributed by atoms with Gasteiger partial charge in [0.2, 0.25) is 0 Å². The number of rotatable bonds is 1. The molecule has 0 aliphatic rings. The number of carbonyl (C=O) groups is 1. The molecule has 1 aromatic heterocycles. The van der Waals surface area contributed by atoms with E-state index in [9.17, 15) is 4.79 Å². The lowest BCUT2D eigenvalue weighted by Gasteiger charge is -2.03. The number of nitrogens with zero attached hydrogens (tertiary/aromatic N) is 2. The number of amides is 1. The molecule has 0 aliphatic heterocycles. The van der Waals surface area contributed by atoms with Gasteiger partial charge in [-0.1, -0.05) is 0 Å². The predicted molar refractivity (Wildman–Crippen MR) is 44.4 cm³/mol. The van der Waals surface area contributed by atoms with E-state index in [-0.39, 0.29) is 11.5 Å². The van der Waals surface area contributed by atoms with Gasteiger partial charge in [-0.05, 0) is 13.8 Å². The highest BCUT2D eigenvalue weighted by molar-refractivity contribution is 5.94. The summed E-state index contributed by atoms with van der Waals surface area (Å²) in [7, 11) is 0. The minimum atomic E-state index is -0.650. The van der Waals surface area contributed by atoms with Gasteiger partial charge in [0.15, 0.2) is 11.5 Å². The Bertz CT molecular complexity index is 334. The fourth-order valence-electron chi connectivity index (χ4n) is 0.802. The second-order valence-electron chi connectivity index (χ2n) is 2.49. The van der Waals surface area contributed by atoms with Crippen LogP contribution in [-0.4, -0.2) is 15.9 Å². The first kappa shape index (κ1) is 8.45. The Labute approximate surface area is 69.8 Å². The van der Waals surface area contributed by atoms with Crippen LogP contribution < -0.4 is 11.5 Å². The quantitative estimate of drug-likeness (QED) is 0.602. The van der Waals surface area contributed by atoms with Crippen molar-refractivity contribution in [3.05, 3.63) is 17.1 Å². The number of hydrogen-bond acceptors (Lipinski definition) is 4. The monoisotopic (exact) mass is 166 g/mol. The van der Waals surface area contributed by atoms with Crippen LogP contribution in [0.15, 0.2) is 0 Å². The van der Waals surface area contributed by atoms with E-state index in [0.29, 0.717) is 11.4 Å². The lowest BCUT2D eigenvalue weighted by atomic mass is 10.3. The van der Waals surface area contributed by atoms with Crippen molar-refractivity contribution in [2.75, 3.05) is 5.73 Å². The average Bonchev–Trinajstić information content (AvgIpc) is 1.96. The van der Waals surface area contributed by atoms with Gasteiger partial charge in [-0.25, -0.2) is 9.97 Å². The summed E-state index contributed by atoms with van der Waals surface area (Å²) in [5.41, 5.74) is 11.8. The van der Waals surface area contributed by atoms with E-state index in [0.717, 1.165) is 0 Å². The lowest BCUT2D eigenvalue weighted by Crippen LogP contribution is -2.17. The highest BCUT2D eigenvalue weighted by atomic mass is 16.1. The van der Waals surface area contributed by atoms with E-state index in [2.05, 4.69) is 9.97 Å². The highest BCUT2D eigenvalue weighted by Crippen LogP contribution is 2.08. The van der Waals surface area contributed by atoms with Gasteiger partial charge < -0.3 is 11.5 Å². The summed E-state index contributed by atoms with van der Waals surface area (Å²) < 4.78 is 0. The number of nitrogen functional groups attached to an aromatic ring is 1. The number of primary amides is 1. The number of anilines is 1. The largest absolute Gasteiger partial charge is 0.382 e. The SMILES string of the molecule is Cc1nc(N)c(C(N)=O)nc1C. The topological polar surface area (TPSA) is 94.9 Å². The first-order valence-corrected chi connectivity index (χ1v) is 3.43. The zero-order valence-electron chi connectivity index (χ0n) is 6.96. The first-order valence-electron chi connectivity index (χ1n) is 3.43. The summed E-state index contributed by atoms with van der Waals surface area (Å²) in [4.78, 5) is 18.5. The Morgan fingerprint density at radius 2 is 1.75 bits per heavy atom. The fraction of sp³-hybridized carbons (Fsp3) is 0.286. The minimum Gasteiger partial charge on any atom is -0.382 e. The predicted octanol–water partition coefficient (Wildman–Crippen LogP) is -0.225. The number of aryl methyl sites for hydroxylation is 2. The molecule has 5 nitrogen and oxygen atoms in total. The van der Waals surface area contributed by atoms with Crippen LogP contribution in [0.25, 0.3) is 0 Å². The third-order valence-corrected chi connectivity index (χ3v) is 1.57. The molecule has 5 heteroatoms. The zero-order chi connectivity index (χ0) is 9.30. The van der Waals surface area contributed by atoms with Crippen LogP contribution >= 0.6 is 0 Å². The van der Waals surface area contributed by atoms with Gasteiger partial charge in [0.1, 0.15) is 0 Å². The third kappa shape index (κ3) is 1.34. The summed E-state index contributed by atoms with van der Waals surface area (Å²) in [6.07, 6.45) is 0. The zero-order valence-corrected chi connectivity index (χ0v) is 6.96. The Kier molecular flexibility index (Phi) is 1.95. The Morgan fingerprint density at radius 1 is 1.25 bits per heavy atom. The summed E-state index contributed by atoms with van der Waals surface area (Å²) in [5, 5.41) is 0. The summed E-state index contributed by atoms with van der Waals surface area (Å²) in [6.45, 7) is 3.51. The average molecular weight is 166 g/mol. The number of hydrogen-bond donors (Lipinski definition) is 2. The van der Waals surface area contributed by atoms with E-state index in [1.807, 2.05) is 0 Å². The van der Waals surface area contributed by atoms with E-state index >= 15 is 0 Å². The first-order chi connectivity index (χ1) is 5.52. The van der Waals surface area contributed by atoms with Crippen LogP contribution in [0.4, 0.5) is 5.82 Å². The molecule has 0 fully saturated rings. The lowest BCUT2D eigenvalue weighted by molar-refractivity contribution is 0.0996. The highest BCUT2D eigenvalue weighted by Gasteiger charge is 2.10. The molecule has 0 saturated carbocycles.